The molecule has 0 unspecified atom stereocenters. The topological polar surface area (TPSA) is 79.2 Å². The summed E-state index contributed by atoms with van der Waals surface area (Å²) in [7, 11) is 0. The summed E-state index contributed by atoms with van der Waals surface area (Å²) in [5.41, 5.74) is 2.44. The van der Waals surface area contributed by atoms with E-state index < -0.39 is 5.60 Å². The zero-order valence-corrected chi connectivity index (χ0v) is 12.1. The number of aliphatic hydroxyl groups is 1. The maximum absolute atomic E-state index is 11.9. The normalized spacial score (nSPS) is 16.3. The molecule has 0 aliphatic carbocycles. The molecular formula is C15H18N4O2. The first-order valence-corrected chi connectivity index (χ1v) is 6.85. The summed E-state index contributed by atoms with van der Waals surface area (Å²) in [6.07, 6.45) is 1.78. The minimum atomic E-state index is -1.28. The lowest BCUT2D eigenvalue weighted by Gasteiger charge is -2.35. The third-order valence-electron chi connectivity index (χ3n) is 3.91. The minimum absolute atomic E-state index is 0.296. The molecule has 1 aromatic carbocycles. The highest BCUT2D eigenvalue weighted by molar-refractivity contribution is 5.98. The summed E-state index contributed by atoms with van der Waals surface area (Å²) in [5, 5.41) is 15.5. The molecule has 1 aromatic heterocycles. The summed E-state index contributed by atoms with van der Waals surface area (Å²) in [5.74, 6) is -0.372. The summed E-state index contributed by atoms with van der Waals surface area (Å²) < 4.78 is 1.99. The summed E-state index contributed by atoms with van der Waals surface area (Å²) in [4.78, 5) is 16.2. The fourth-order valence-electron chi connectivity index (χ4n) is 2.23. The van der Waals surface area contributed by atoms with Gasteiger partial charge in [-0.2, -0.15) is 0 Å². The Morgan fingerprint density at radius 3 is 2.48 bits per heavy atom. The molecule has 3 rings (SSSR count). The second-order valence-electron chi connectivity index (χ2n) is 5.42. The standard InChI is InChI=1S/C15H18N4O2/c1-10-11(2)19(9-17-10)13-5-3-12(4-6-13)18-14(20)15(21)7-16-8-15/h3-6,9,16,21H,7-8H2,1-2H3,(H,18,20). The van der Waals surface area contributed by atoms with Gasteiger partial charge < -0.3 is 20.3 Å². The van der Waals surface area contributed by atoms with Gasteiger partial charge in [-0.3, -0.25) is 4.79 Å². The van der Waals surface area contributed by atoms with Crippen LogP contribution in [0.1, 0.15) is 11.4 Å². The second-order valence-corrected chi connectivity index (χ2v) is 5.42. The van der Waals surface area contributed by atoms with E-state index in [1.165, 1.54) is 0 Å². The van der Waals surface area contributed by atoms with Crippen molar-refractivity contribution in [3.63, 3.8) is 0 Å². The maximum atomic E-state index is 11.9. The van der Waals surface area contributed by atoms with E-state index in [1.807, 2.05) is 42.7 Å². The van der Waals surface area contributed by atoms with Crippen LogP contribution in [0.2, 0.25) is 0 Å². The minimum Gasteiger partial charge on any atom is -0.377 e. The summed E-state index contributed by atoms with van der Waals surface area (Å²) in [6, 6.07) is 7.45. The lowest BCUT2D eigenvalue weighted by molar-refractivity contribution is -0.138. The average Bonchev–Trinajstić information content (AvgIpc) is 2.77. The maximum Gasteiger partial charge on any atom is 0.259 e. The molecule has 0 atom stereocenters. The van der Waals surface area contributed by atoms with Crippen molar-refractivity contribution in [1.29, 1.82) is 0 Å². The average molecular weight is 286 g/mol. The number of carbonyl (C=O) groups excluding carboxylic acids is 1. The molecule has 0 saturated carbocycles. The third-order valence-corrected chi connectivity index (χ3v) is 3.91. The number of hydrogen-bond acceptors (Lipinski definition) is 4. The van der Waals surface area contributed by atoms with Gasteiger partial charge in [0.1, 0.15) is 0 Å². The number of benzene rings is 1. The van der Waals surface area contributed by atoms with Crippen LogP contribution >= 0.6 is 0 Å². The fraction of sp³-hybridized carbons (Fsp3) is 0.333. The first-order valence-electron chi connectivity index (χ1n) is 6.85. The van der Waals surface area contributed by atoms with E-state index in [2.05, 4.69) is 15.6 Å². The predicted octanol–water partition coefficient (Wildman–Crippen LogP) is 0.762. The summed E-state index contributed by atoms with van der Waals surface area (Å²) >= 11 is 0. The number of aromatic nitrogens is 2. The van der Waals surface area contributed by atoms with Gasteiger partial charge in [0.25, 0.3) is 5.91 Å². The van der Waals surface area contributed by atoms with Crippen molar-refractivity contribution in [2.45, 2.75) is 19.4 Å². The van der Waals surface area contributed by atoms with E-state index in [1.54, 1.807) is 6.33 Å². The number of aryl methyl sites for hydroxylation is 1. The van der Waals surface area contributed by atoms with Crippen molar-refractivity contribution in [1.82, 2.24) is 14.9 Å². The Labute approximate surface area is 122 Å². The van der Waals surface area contributed by atoms with Crippen molar-refractivity contribution in [2.75, 3.05) is 18.4 Å². The van der Waals surface area contributed by atoms with Crippen LogP contribution < -0.4 is 10.6 Å². The van der Waals surface area contributed by atoms with E-state index in [0.717, 1.165) is 17.1 Å². The SMILES string of the molecule is Cc1ncn(-c2ccc(NC(=O)C3(O)CNC3)cc2)c1C. The van der Waals surface area contributed by atoms with Crippen LogP contribution in [0.15, 0.2) is 30.6 Å². The van der Waals surface area contributed by atoms with Gasteiger partial charge in [0.05, 0.1) is 12.0 Å². The zero-order valence-electron chi connectivity index (χ0n) is 12.1. The number of anilines is 1. The molecule has 6 nitrogen and oxygen atoms in total. The Kier molecular flexibility index (Phi) is 3.27. The van der Waals surface area contributed by atoms with Crippen LogP contribution in [0.3, 0.4) is 0 Å². The van der Waals surface area contributed by atoms with E-state index in [9.17, 15) is 9.90 Å². The molecule has 21 heavy (non-hydrogen) atoms. The van der Waals surface area contributed by atoms with Gasteiger partial charge >= 0.3 is 0 Å². The van der Waals surface area contributed by atoms with Crippen LogP contribution in [-0.4, -0.2) is 39.3 Å². The molecule has 3 N–H and O–H groups in total. The van der Waals surface area contributed by atoms with Gasteiger partial charge in [-0.05, 0) is 38.1 Å². The molecule has 0 radical (unpaired) electrons. The molecule has 1 aliphatic heterocycles. The molecule has 2 aromatic rings. The number of imidazole rings is 1. The Balaban J connectivity index is 1.75. The highest BCUT2D eigenvalue weighted by atomic mass is 16.3. The first kappa shape index (κ1) is 13.8. The highest BCUT2D eigenvalue weighted by Gasteiger charge is 2.42. The Morgan fingerprint density at radius 1 is 1.33 bits per heavy atom. The van der Waals surface area contributed by atoms with Crippen LogP contribution in [0, 0.1) is 13.8 Å². The van der Waals surface area contributed by atoms with Gasteiger partial charge in [0, 0.05) is 30.2 Å². The Bertz CT molecular complexity index is 671. The predicted molar refractivity (Wildman–Crippen MR) is 79.5 cm³/mol. The molecule has 0 spiro atoms. The third kappa shape index (κ3) is 2.43. The van der Waals surface area contributed by atoms with Crippen LogP contribution in [0.5, 0.6) is 0 Å². The van der Waals surface area contributed by atoms with Gasteiger partial charge in [0.2, 0.25) is 0 Å². The lowest BCUT2D eigenvalue weighted by atomic mass is 9.96. The fourth-order valence-corrected chi connectivity index (χ4v) is 2.23. The van der Waals surface area contributed by atoms with Crippen molar-refractivity contribution in [3.05, 3.63) is 42.0 Å². The Morgan fingerprint density at radius 2 is 2.00 bits per heavy atom. The molecule has 110 valence electrons. The molecule has 6 heteroatoms. The second kappa shape index (κ2) is 4.98. The molecule has 1 aliphatic rings. The molecule has 2 heterocycles. The molecule has 1 amide bonds. The van der Waals surface area contributed by atoms with E-state index in [4.69, 9.17) is 0 Å². The van der Waals surface area contributed by atoms with Gasteiger partial charge in [0.15, 0.2) is 5.60 Å². The van der Waals surface area contributed by atoms with E-state index >= 15 is 0 Å². The van der Waals surface area contributed by atoms with Crippen molar-refractivity contribution < 1.29 is 9.90 Å². The van der Waals surface area contributed by atoms with Crippen LogP contribution in [0.4, 0.5) is 5.69 Å². The van der Waals surface area contributed by atoms with Gasteiger partial charge in [-0.1, -0.05) is 0 Å². The smallest absolute Gasteiger partial charge is 0.259 e. The van der Waals surface area contributed by atoms with Crippen molar-refractivity contribution in [2.24, 2.45) is 0 Å². The largest absolute Gasteiger partial charge is 0.377 e. The van der Waals surface area contributed by atoms with Crippen molar-refractivity contribution in [3.8, 4) is 5.69 Å². The number of amides is 1. The number of β-amino-alcohol motifs (C(OH)–C–C–N with tert-alkyl or cyclic N) is 1. The number of rotatable bonds is 3. The molecule has 1 fully saturated rings. The quantitative estimate of drug-likeness (QED) is 0.778. The highest BCUT2D eigenvalue weighted by Crippen LogP contribution is 2.19. The van der Waals surface area contributed by atoms with Gasteiger partial charge in [-0.15, -0.1) is 0 Å². The first-order chi connectivity index (χ1) is 9.99. The van der Waals surface area contributed by atoms with E-state index in [0.29, 0.717) is 18.8 Å². The Hall–Kier alpha value is -2.18. The van der Waals surface area contributed by atoms with E-state index in [-0.39, 0.29) is 5.91 Å². The molecular weight excluding hydrogens is 268 g/mol. The zero-order chi connectivity index (χ0) is 15.0. The van der Waals surface area contributed by atoms with Crippen LogP contribution in [0.25, 0.3) is 5.69 Å². The van der Waals surface area contributed by atoms with Gasteiger partial charge in [-0.25, -0.2) is 4.98 Å². The number of carbonyl (C=O) groups is 1. The molecule has 1 saturated heterocycles. The van der Waals surface area contributed by atoms with Crippen LogP contribution in [-0.2, 0) is 4.79 Å². The summed E-state index contributed by atoms with van der Waals surface area (Å²) in [6.45, 7) is 4.57. The monoisotopic (exact) mass is 286 g/mol. The lowest BCUT2D eigenvalue weighted by Crippen LogP contribution is -2.65. The number of nitrogens with zero attached hydrogens (tertiary/aromatic N) is 2. The number of hydrogen-bond donors (Lipinski definition) is 3. The van der Waals surface area contributed by atoms with Crippen molar-refractivity contribution >= 4 is 11.6 Å². The molecule has 0 bridgehead atoms. The number of nitrogens with one attached hydrogen (secondary N) is 2.